The summed E-state index contributed by atoms with van der Waals surface area (Å²) in [6.07, 6.45) is 0. The molecule has 92 valence electrons. The Morgan fingerprint density at radius 1 is 0.875 bits per heavy atom. The molecule has 0 heterocycles. The number of carbonyl (C=O) groups is 2. The van der Waals surface area contributed by atoms with Crippen molar-refractivity contribution in [2.45, 2.75) is 20.8 Å². The van der Waals surface area contributed by atoms with Crippen molar-refractivity contribution in [2.24, 2.45) is 5.73 Å². The standard InChI is InChI=1S/C10H17NO5/c1-4-14-8(10(13)16-6-3)7(11)9(12)15-5-2/h4-6,11H2,1-3H3/b8-7+. The second-order valence-corrected chi connectivity index (χ2v) is 2.62. The molecular weight excluding hydrogens is 214 g/mol. The number of carbonyl (C=O) groups excluding carboxylic acids is 2. The van der Waals surface area contributed by atoms with Gasteiger partial charge in [0.05, 0.1) is 19.8 Å². The van der Waals surface area contributed by atoms with Crippen LogP contribution in [0, 0.1) is 0 Å². The Morgan fingerprint density at radius 2 is 1.31 bits per heavy atom. The average Bonchev–Trinajstić information content (AvgIpc) is 2.25. The third kappa shape index (κ3) is 4.20. The van der Waals surface area contributed by atoms with E-state index in [9.17, 15) is 9.59 Å². The predicted molar refractivity (Wildman–Crippen MR) is 56.1 cm³/mol. The van der Waals surface area contributed by atoms with E-state index in [-0.39, 0.29) is 31.3 Å². The van der Waals surface area contributed by atoms with Crippen LogP contribution in [-0.2, 0) is 23.8 Å². The summed E-state index contributed by atoms with van der Waals surface area (Å²) in [7, 11) is 0. The molecule has 0 aliphatic carbocycles. The molecule has 0 aliphatic heterocycles. The van der Waals surface area contributed by atoms with Crippen molar-refractivity contribution >= 4 is 11.9 Å². The van der Waals surface area contributed by atoms with Crippen molar-refractivity contribution in [3.63, 3.8) is 0 Å². The quantitative estimate of drug-likeness (QED) is 0.402. The Bertz CT molecular complexity index is 285. The highest BCUT2D eigenvalue weighted by atomic mass is 16.6. The van der Waals surface area contributed by atoms with Crippen LogP contribution in [0.2, 0.25) is 0 Å². The van der Waals surface area contributed by atoms with Gasteiger partial charge in [0.2, 0.25) is 5.76 Å². The molecular formula is C10H17NO5. The highest BCUT2D eigenvalue weighted by Crippen LogP contribution is 2.06. The van der Waals surface area contributed by atoms with Gasteiger partial charge in [0.15, 0.2) is 5.70 Å². The Balaban J connectivity index is 4.90. The van der Waals surface area contributed by atoms with Crippen molar-refractivity contribution < 1.29 is 23.8 Å². The topological polar surface area (TPSA) is 87.9 Å². The van der Waals surface area contributed by atoms with E-state index in [1.165, 1.54) is 0 Å². The van der Waals surface area contributed by atoms with Crippen LogP contribution < -0.4 is 5.73 Å². The lowest BCUT2D eigenvalue weighted by molar-refractivity contribution is -0.145. The molecule has 16 heavy (non-hydrogen) atoms. The van der Waals surface area contributed by atoms with Gasteiger partial charge in [0, 0.05) is 0 Å². The molecule has 0 bridgehead atoms. The van der Waals surface area contributed by atoms with Gasteiger partial charge in [-0.2, -0.15) is 0 Å². The average molecular weight is 231 g/mol. The van der Waals surface area contributed by atoms with Gasteiger partial charge < -0.3 is 19.9 Å². The Labute approximate surface area is 94.3 Å². The van der Waals surface area contributed by atoms with E-state index in [0.29, 0.717) is 0 Å². The molecule has 0 atom stereocenters. The molecule has 0 aliphatic rings. The van der Waals surface area contributed by atoms with Gasteiger partial charge in [0.1, 0.15) is 0 Å². The van der Waals surface area contributed by atoms with E-state index < -0.39 is 11.9 Å². The molecule has 0 unspecified atom stereocenters. The van der Waals surface area contributed by atoms with Gasteiger partial charge >= 0.3 is 11.9 Å². The minimum atomic E-state index is -0.793. The van der Waals surface area contributed by atoms with E-state index in [1.54, 1.807) is 20.8 Å². The Hall–Kier alpha value is -1.72. The number of ether oxygens (including phenoxy) is 3. The van der Waals surface area contributed by atoms with Gasteiger partial charge in [-0.3, -0.25) is 0 Å². The van der Waals surface area contributed by atoms with Crippen LogP contribution >= 0.6 is 0 Å². The molecule has 0 saturated heterocycles. The van der Waals surface area contributed by atoms with Crippen LogP contribution in [0.5, 0.6) is 0 Å². The lowest BCUT2D eigenvalue weighted by Crippen LogP contribution is -2.23. The summed E-state index contributed by atoms with van der Waals surface area (Å²) >= 11 is 0. The van der Waals surface area contributed by atoms with E-state index >= 15 is 0 Å². The molecule has 0 rings (SSSR count). The molecule has 6 heteroatoms. The Kier molecular flexibility index (Phi) is 6.74. The number of hydrogen-bond donors (Lipinski definition) is 1. The number of rotatable bonds is 6. The second kappa shape index (κ2) is 7.56. The fourth-order valence-electron chi connectivity index (χ4n) is 0.889. The van der Waals surface area contributed by atoms with Crippen LogP contribution in [0.4, 0.5) is 0 Å². The summed E-state index contributed by atoms with van der Waals surface area (Å²) in [5.41, 5.74) is 5.07. The molecule has 0 saturated carbocycles. The molecule has 0 radical (unpaired) electrons. The molecule has 0 spiro atoms. The van der Waals surface area contributed by atoms with Gasteiger partial charge in [-0.25, -0.2) is 9.59 Å². The fraction of sp³-hybridized carbons (Fsp3) is 0.600. The highest BCUT2D eigenvalue weighted by molar-refractivity contribution is 5.98. The lowest BCUT2D eigenvalue weighted by atomic mass is 10.3. The molecule has 0 aromatic carbocycles. The van der Waals surface area contributed by atoms with Crippen LogP contribution in [0.1, 0.15) is 20.8 Å². The predicted octanol–water partition coefficient (Wildman–Crippen LogP) is 0.319. The summed E-state index contributed by atoms with van der Waals surface area (Å²) in [5, 5.41) is 0. The highest BCUT2D eigenvalue weighted by Gasteiger charge is 2.22. The zero-order chi connectivity index (χ0) is 12.6. The summed E-state index contributed by atoms with van der Waals surface area (Å²) < 4.78 is 14.3. The maximum absolute atomic E-state index is 11.4. The zero-order valence-electron chi connectivity index (χ0n) is 9.74. The molecule has 6 nitrogen and oxygen atoms in total. The molecule has 0 fully saturated rings. The van der Waals surface area contributed by atoms with Crippen molar-refractivity contribution in [3.8, 4) is 0 Å². The van der Waals surface area contributed by atoms with Crippen molar-refractivity contribution in [2.75, 3.05) is 19.8 Å². The maximum atomic E-state index is 11.4. The SMILES string of the molecule is CCOC(=O)/C(N)=C(\OCC)C(=O)OCC. The molecule has 0 aromatic heterocycles. The van der Waals surface area contributed by atoms with Crippen molar-refractivity contribution in [1.29, 1.82) is 0 Å². The largest absolute Gasteiger partial charge is 0.485 e. The third-order valence-corrected chi connectivity index (χ3v) is 1.49. The van der Waals surface area contributed by atoms with Crippen LogP contribution in [0.3, 0.4) is 0 Å². The van der Waals surface area contributed by atoms with Gasteiger partial charge in [0.25, 0.3) is 0 Å². The van der Waals surface area contributed by atoms with Gasteiger partial charge in [-0.15, -0.1) is 0 Å². The first-order chi connectivity index (χ1) is 7.58. The first kappa shape index (κ1) is 14.3. The monoisotopic (exact) mass is 231 g/mol. The second-order valence-electron chi connectivity index (χ2n) is 2.62. The number of nitrogens with two attached hydrogens (primary N) is 1. The minimum Gasteiger partial charge on any atom is -0.485 e. The zero-order valence-corrected chi connectivity index (χ0v) is 9.74. The van der Waals surface area contributed by atoms with E-state index in [2.05, 4.69) is 4.74 Å². The van der Waals surface area contributed by atoms with Crippen LogP contribution in [0.15, 0.2) is 11.5 Å². The van der Waals surface area contributed by atoms with Gasteiger partial charge in [-0.05, 0) is 20.8 Å². The smallest absolute Gasteiger partial charge is 0.376 e. The fourth-order valence-corrected chi connectivity index (χ4v) is 0.889. The molecule has 0 aromatic rings. The summed E-state index contributed by atoms with van der Waals surface area (Å²) in [4.78, 5) is 22.7. The summed E-state index contributed by atoms with van der Waals surface area (Å²) in [5.74, 6) is -1.86. The summed E-state index contributed by atoms with van der Waals surface area (Å²) in [6, 6.07) is 0. The molecule has 2 N–H and O–H groups in total. The van der Waals surface area contributed by atoms with Crippen molar-refractivity contribution in [3.05, 3.63) is 11.5 Å². The lowest BCUT2D eigenvalue weighted by Gasteiger charge is -2.10. The number of hydrogen-bond acceptors (Lipinski definition) is 6. The van der Waals surface area contributed by atoms with Crippen LogP contribution in [-0.4, -0.2) is 31.8 Å². The minimum absolute atomic E-state index is 0.168. The number of esters is 2. The van der Waals surface area contributed by atoms with E-state index in [4.69, 9.17) is 15.2 Å². The van der Waals surface area contributed by atoms with E-state index in [0.717, 1.165) is 0 Å². The van der Waals surface area contributed by atoms with Gasteiger partial charge in [-0.1, -0.05) is 0 Å². The normalized spacial score (nSPS) is 11.4. The van der Waals surface area contributed by atoms with Crippen LogP contribution in [0.25, 0.3) is 0 Å². The third-order valence-electron chi connectivity index (χ3n) is 1.49. The Morgan fingerprint density at radius 3 is 1.75 bits per heavy atom. The van der Waals surface area contributed by atoms with E-state index in [1.807, 2.05) is 0 Å². The van der Waals surface area contributed by atoms with Crippen molar-refractivity contribution in [1.82, 2.24) is 0 Å². The molecule has 0 amide bonds. The first-order valence-corrected chi connectivity index (χ1v) is 5.05. The summed E-state index contributed by atoms with van der Waals surface area (Å²) in [6.45, 7) is 5.48. The first-order valence-electron chi connectivity index (χ1n) is 5.05. The maximum Gasteiger partial charge on any atom is 0.376 e.